The molecular weight excluding hydrogens is 268 g/mol. The van der Waals surface area contributed by atoms with Crippen molar-refractivity contribution in [3.63, 3.8) is 0 Å². The molecule has 0 aliphatic heterocycles. The van der Waals surface area contributed by atoms with E-state index in [1.165, 1.54) is 4.31 Å². The van der Waals surface area contributed by atoms with Gasteiger partial charge in [0.2, 0.25) is 10.0 Å². The van der Waals surface area contributed by atoms with Crippen molar-refractivity contribution in [3.05, 3.63) is 29.8 Å². The van der Waals surface area contributed by atoms with E-state index in [-0.39, 0.29) is 0 Å². The van der Waals surface area contributed by atoms with Gasteiger partial charge in [0, 0.05) is 20.0 Å². The van der Waals surface area contributed by atoms with Crippen molar-refractivity contribution in [2.45, 2.75) is 24.7 Å². The molecular formula is C12H18N2O2S2. The van der Waals surface area contributed by atoms with E-state index < -0.39 is 10.0 Å². The number of nitrogens with two attached hydrogens (primary N) is 1. The van der Waals surface area contributed by atoms with Gasteiger partial charge in [-0.1, -0.05) is 31.3 Å². The molecule has 0 aliphatic rings. The Balaban J connectivity index is 2.94. The average Bonchev–Trinajstić information content (AvgIpc) is 2.29. The molecule has 0 radical (unpaired) electrons. The predicted molar refractivity (Wildman–Crippen MR) is 77.0 cm³/mol. The van der Waals surface area contributed by atoms with Gasteiger partial charge in [-0.25, -0.2) is 12.7 Å². The number of benzene rings is 1. The second-order valence-electron chi connectivity index (χ2n) is 4.11. The first-order valence-corrected chi connectivity index (χ1v) is 7.56. The van der Waals surface area contributed by atoms with Crippen LogP contribution in [-0.4, -0.2) is 31.3 Å². The molecule has 0 bridgehead atoms. The van der Waals surface area contributed by atoms with Crippen molar-refractivity contribution in [2.75, 3.05) is 13.6 Å². The topological polar surface area (TPSA) is 63.4 Å². The van der Waals surface area contributed by atoms with E-state index in [4.69, 9.17) is 18.0 Å². The Labute approximate surface area is 114 Å². The molecule has 1 rings (SSSR count). The van der Waals surface area contributed by atoms with Gasteiger partial charge in [-0.15, -0.1) is 0 Å². The Morgan fingerprint density at radius 3 is 2.33 bits per heavy atom. The highest BCUT2D eigenvalue weighted by Gasteiger charge is 2.19. The third-order valence-electron chi connectivity index (χ3n) is 2.55. The second kappa shape index (κ2) is 6.26. The van der Waals surface area contributed by atoms with Crippen LogP contribution in [0.5, 0.6) is 0 Å². The third kappa shape index (κ3) is 3.76. The van der Waals surface area contributed by atoms with Crippen LogP contribution in [0.3, 0.4) is 0 Å². The van der Waals surface area contributed by atoms with Crippen molar-refractivity contribution in [1.29, 1.82) is 0 Å². The number of rotatable bonds is 6. The van der Waals surface area contributed by atoms with Crippen LogP contribution in [0.25, 0.3) is 0 Å². The Bertz CT molecular complexity index is 509. The number of hydrogen-bond donors (Lipinski definition) is 1. The summed E-state index contributed by atoms with van der Waals surface area (Å²) < 4.78 is 25.6. The Hall–Kier alpha value is -0.980. The van der Waals surface area contributed by atoms with Gasteiger partial charge in [0.05, 0.1) is 9.88 Å². The van der Waals surface area contributed by atoms with E-state index in [1.54, 1.807) is 31.3 Å². The molecule has 0 aromatic heterocycles. The average molecular weight is 286 g/mol. The normalized spacial score (nSPS) is 11.7. The molecule has 1 aromatic carbocycles. The number of hydrogen-bond acceptors (Lipinski definition) is 3. The Morgan fingerprint density at radius 1 is 1.33 bits per heavy atom. The standard InChI is InChI=1S/C12H18N2O2S2/c1-3-8-14(2)18(15,16)11-6-4-10(5-7-11)9-12(13)17/h4-7H,3,8-9H2,1-2H3,(H2,13,17). The summed E-state index contributed by atoms with van der Waals surface area (Å²) in [5.74, 6) is 0. The molecule has 0 saturated heterocycles. The van der Waals surface area contributed by atoms with Gasteiger partial charge in [0.1, 0.15) is 0 Å². The van der Waals surface area contributed by atoms with Gasteiger partial charge < -0.3 is 5.73 Å². The first kappa shape index (κ1) is 15.1. The lowest BCUT2D eigenvalue weighted by Gasteiger charge is -2.16. The molecule has 0 unspecified atom stereocenters. The molecule has 0 heterocycles. The zero-order valence-electron chi connectivity index (χ0n) is 10.6. The minimum Gasteiger partial charge on any atom is -0.393 e. The highest BCUT2D eigenvalue weighted by molar-refractivity contribution is 7.89. The van der Waals surface area contributed by atoms with Crippen LogP contribution in [-0.2, 0) is 16.4 Å². The highest BCUT2D eigenvalue weighted by Crippen LogP contribution is 2.15. The quantitative estimate of drug-likeness (QED) is 0.806. The molecule has 18 heavy (non-hydrogen) atoms. The van der Waals surface area contributed by atoms with Gasteiger partial charge in [0.15, 0.2) is 0 Å². The number of nitrogens with zero attached hydrogens (tertiary/aromatic N) is 1. The zero-order chi connectivity index (χ0) is 13.8. The van der Waals surface area contributed by atoms with Crippen molar-refractivity contribution < 1.29 is 8.42 Å². The fourth-order valence-electron chi connectivity index (χ4n) is 1.60. The monoisotopic (exact) mass is 286 g/mol. The van der Waals surface area contributed by atoms with Crippen LogP contribution in [0, 0.1) is 0 Å². The van der Waals surface area contributed by atoms with E-state index in [0.29, 0.717) is 22.8 Å². The lowest BCUT2D eigenvalue weighted by molar-refractivity contribution is 0.468. The summed E-state index contributed by atoms with van der Waals surface area (Å²) in [6.45, 7) is 2.45. The van der Waals surface area contributed by atoms with Crippen molar-refractivity contribution >= 4 is 27.2 Å². The van der Waals surface area contributed by atoms with Gasteiger partial charge in [-0.3, -0.25) is 0 Å². The lowest BCUT2D eigenvalue weighted by Crippen LogP contribution is -2.27. The third-order valence-corrected chi connectivity index (χ3v) is 4.56. The Kier molecular flexibility index (Phi) is 5.25. The first-order valence-electron chi connectivity index (χ1n) is 5.71. The molecule has 0 amide bonds. The van der Waals surface area contributed by atoms with Crippen LogP contribution in [0.1, 0.15) is 18.9 Å². The molecule has 0 saturated carbocycles. The molecule has 0 aliphatic carbocycles. The molecule has 1 aromatic rings. The van der Waals surface area contributed by atoms with Gasteiger partial charge >= 0.3 is 0 Å². The van der Waals surface area contributed by atoms with E-state index in [1.807, 2.05) is 6.92 Å². The molecule has 100 valence electrons. The minimum atomic E-state index is -3.38. The summed E-state index contributed by atoms with van der Waals surface area (Å²) in [5, 5.41) is 0. The van der Waals surface area contributed by atoms with Crippen LogP contribution < -0.4 is 5.73 Å². The van der Waals surface area contributed by atoms with Crippen LogP contribution >= 0.6 is 12.2 Å². The maximum absolute atomic E-state index is 12.1. The summed E-state index contributed by atoms with van der Waals surface area (Å²) in [5.41, 5.74) is 6.36. The molecule has 0 spiro atoms. The van der Waals surface area contributed by atoms with Crippen molar-refractivity contribution in [1.82, 2.24) is 4.31 Å². The smallest absolute Gasteiger partial charge is 0.242 e. The molecule has 0 atom stereocenters. The summed E-state index contributed by atoms with van der Waals surface area (Å²) in [6, 6.07) is 6.67. The first-order chi connectivity index (χ1) is 8.37. The largest absolute Gasteiger partial charge is 0.393 e. The number of sulfonamides is 1. The lowest BCUT2D eigenvalue weighted by atomic mass is 10.1. The van der Waals surface area contributed by atoms with Gasteiger partial charge in [0.25, 0.3) is 0 Å². The van der Waals surface area contributed by atoms with E-state index in [2.05, 4.69) is 0 Å². The molecule has 4 nitrogen and oxygen atoms in total. The SMILES string of the molecule is CCCN(C)S(=O)(=O)c1ccc(CC(N)=S)cc1. The predicted octanol–water partition coefficient (Wildman–Crippen LogP) is 1.55. The maximum Gasteiger partial charge on any atom is 0.242 e. The zero-order valence-corrected chi connectivity index (χ0v) is 12.2. The summed E-state index contributed by atoms with van der Waals surface area (Å²) in [4.78, 5) is 0.693. The number of thiocarbonyl (C=S) groups is 1. The molecule has 0 fully saturated rings. The van der Waals surface area contributed by atoms with Crippen LogP contribution in [0.15, 0.2) is 29.2 Å². The Morgan fingerprint density at radius 2 is 1.89 bits per heavy atom. The second-order valence-corrected chi connectivity index (χ2v) is 6.68. The van der Waals surface area contributed by atoms with Gasteiger partial charge in [-0.05, 0) is 24.1 Å². The summed E-state index contributed by atoms with van der Waals surface area (Å²) in [6.07, 6.45) is 1.27. The van der Waals surface area contributed by atoms with Crippen molar-refractivity contribution in [2.24, 2.45) is 5.73 Å². The van der Waals surface area contributed by atoms with Gasteiger partial charge in [-0.2, -0.15) is 0 Å². The van der Waals surface area contributed by atoms with E-state index in [9.17, 15) is 8.42 Å². The maximum atomic E-state index is 12.1. The molecule has 6 heteroatoms. The van der Waals surface area contributed by atoms with Crippen molar-refractivity contribution in [3.8, 4) is 0 Å². The summed E-state index contributed by atoms with van der Waals surface area (Å²) in [7, 11) is -1.79. The highest BCUT2D eigenvalue weighted by atomic mass is 32.2. The minimum absolute atomic E-state index is 0.296. The van der Waals surface area contributed by atoms with Crippen LogP contribution in [0.4, 0.5) is 0 Å². The fraction of sp³-hybridized carbons (Fsp3) is 0.417. The molecule has 2 N–H and O–H groups in total. The fourth-order valence-corrected chi connectivity index (χ4v) is 3.02. The van der Waals surface area contributed by atoms with Crippen LogP contribution in [0.2, 0.25) is 0 Å². The van der Waals surface area contributed by atoms with E-state index >= 15 is 0 Å². The summed E-state index contributed by atoms with van der Waals surface area (Å²) >= 11 is 4.81. The van der Waals surface area contributed by atoms with E-state index in [0.717, 1.165) is 12.0 Å².